The van der Waals surface area contributed by atoms with E-state index in [9.17, 15) is 13.2 Å². The molecule has 0 radical (unpaired) electrons. The summed E-state index contributed by atoms with van der Waals surface area (Å²) < 4.78 is 40.4. The average Bonchev–Trinajstić information content (AvgIpc) is 2.95. The molecule has 1 aliphatic carbocycles. The highest BCUT2D eigenvalue weighted by molar-refractivity contribution is 4.80. The van der Waals surface area contributed by atoms with Crippen molar-refractivity contribution in [1.82, 2.24) is 5.32 Å². The Bertz CT molecular complexity index is 192. The molecule has 1 saturated carbocycles. The van der Waals surface area contributed by atoms with Gasteiger partial charge in [-0.2, -0.15) is 13.2 Å². The molecule has 1 rings (SSSR count). The zero-order valence-electron chi connectivity index (χ0n) is 9.65. The number of halogens is 3. The highest BCUT2D eigenvalue weighted by Gasteiger charge is 2.29. The lowest BCUT2D eigenvalue weighted by atomic mass is 10.1. The van der Waals surface area contributed by atoms with Gasteiger partial charge in [-0.25, -0.2) is 0 Å². The third-order valence-electron chi connectivity index (χ3n) is 2.58. The molecule has 0 saturated heterocycles. The van der Waals surface area contributed by atoms with Gasteiger partial charge in [0.25, 0.3) is 0 Å². The van der Waals surface area contributed by atoms with Gasteiger partial charge in [-0.05, 0) is 25.3 Å². The maximum atomic E-state index is 11.9. The third-order valence-corrected chi connectivity index (χ3v) is 2.58. The van der Waals surface area contributed by atoms with E-state index in [1.807, 2.05) is 6.92 Å². The summed E-state index contributed by atoms with van der Waals surface area (Å²) in [6.45, 7) is 1.91. The molecule has 0 amide bonds. The molecule has 16 heavy (non-hydrogen) atoms. The van der Waals surface area contributed by atoms with Crippen LogP contribution in [0.5, 0.6) is 0 Å². The van der Waals surface area contributed by atoms with Gasteiger partial charge in [0.15, 0.2) is 0 Å². The van der Waals surface area contributed by atoms with Crippen LogP contribution in [-0.2, 0) is 4.74 Å². The van der Waals surface area contributed by atoms with Gasteiger partial charge in [-0.3, -0.25) is 0 Å². The van der Waals surface area contributed by atoms with Crippen LogP contribution in [0.2, 0.25) is 0 Å². The standard InChI is InChI=1S/C11H20F3NO/c1-2-5-15-10(6-9-3-4-9)7-16-8-11(12,13)14/h9-10,15H,2-8H2,1H3. The second kappa shape index (κ2) is 6.45. The minimum Gasteiger partial charge on any atom is -0.370 e. The molecule has 1 aliphatic rings. The highest BCUT2D eigenvalue weighted by Crippen LogP contribution is 2.33. The smallest absolute Gasteiger partial charge is 0.370 e. The fourth-order valence-corrected chi connectivity index (χ4v) is 1.63. The first kappa shape index (κ1) is 13.8. The lowest BCUT2D eigenvalue weighted by molar-refractivity contribution is -0.175. The Morgan fingerprint density at radius 1 is 1.38 bits per heavy atom. The molecule has 96 valence electrons. The molecule has 0 spiro atoms. The van der Waals surface area contributed by atoms with E-state index < -0.39 is 12.8 Å². The molecule has 0 aliphatic heterocycles. The Labute approximate surface area is 94.5 Å². The number of ether oxygens (including phenoxy) is 1. The SMILES string of the molecule is CCCNC(COCC(F)(F)F)CC1CC1. The van der Waals surface area contributed by atoms with E-state index in [-0.39, 0.29) is 12.6 Å². The van der Waals surface area contributed by atoms with E-state index in [2.05, 4.69) is 5.32 Å². The summed E-state index contributed by atoms with van der Waals surface area (Å²) >= 11 is 0. The molecule has 0 bridgehead atoms. The van der Waals surface area contributed by atoms with Gasteiger partial charge < -0.3 is 10.1 Å². The lowest BCUT2D eigenvalue weighted by Gasteiger charge is -2.18. The quantitative estimate of drug-likeness (QED) is 0.703. The van der Waals surface area contributed by atoms with Crippen LogP contribution in [0.3, 0.4) is 0 Å². The van der Waals surface area contributed by atoms with Gasteiger partial charge in [0, 0.05) is 6.04 Å². The van der Waals surface area contributed by atoms with Crippen LogP contribution in [0.25, 0.3) is 0 Å². The van der Waals surface area contributed by atoms with Crippen LogP contribution in [0.1, 0.15) is 32.6 Å². The van der Waals surface area contributed by atoms with E-state index in [0.29, 0.717) is 5.92 Å². The van der Waals surface area contributed by atoms with E-state index >= 15 is 0 Å². The monoisotopic (exact) mass is 239 g/mol. The molecule has 1 unspecified atom stereocenters. The molecule has 2 nitrogen and oxygen atoms in total. The molecular formula is C11H20F3NO. The molecule has 5 heteroatoms. The molecule has 0 aromatic rings. The Kier molecular flexibility index (Phi) is 5.55. The minimum atomic E-state index is -4.21. The summed E-state index contributed by atoms with van der Waals surface area (Å²) in [7, 11) is 0. The number of alkyl halides is 3. The number of rotatable bonds is 8. The van der Waals surface area contributed by atoms with Gasteiger partial charge >= 0.3 is 6.18 Å². The summed E-state index contributed by atoms with van der Waals surface area (Å²) in [4.78, 5) is 0. The summed E-state index contributed by atoms with van der Waals surface area (Å²) in [5.41, 5.74) is 0. The van der Waals surface area contributed by atoms with Crippen molar-refractivity contribution in [3.8, 4) is 0 Å². The molecule has 1 atom stereocenters. The summed E-state index contributed by atoms with van der Waals surface area (Å²) in [5, 5.41) is 3.23. The predicted octanol–water partition coefficient (Wildman–Crippen LogP) is 2.73. The van der Waals surface area contributed by atoms with Crippen LogP contribution >= 0.6 is 0 Å². The second-order valence-electron chi connectivity index (χ2n) is 4.46. The Hall–Kier alpha value is -0.290. The minimum absolute atomic E-state index is 0.0785. The maximum Gasteiger partial charge on any atom is 0.411 e. The van der Waals surface area contributed by atoms with Crippen molar-refractivity contribution in [2.24, 2.45) is 5.92 Å². The fourth-order valence-electron chi connectivity index (χ4n) is 1.63. The Morgan fingerprint density at radius 2 is 2.06 bits per heavy atom. The molecule has 0 heterocycles. The van der Waals surface area contributed by atoms with E-state index in [0.717, 1.165) is 19.4 Å². The predicted molar refractivity (Wildman–Crippen MR) is 56.3 cm³/mol. The zero-order chi connectivity index (χ0) is 12.0. The van der Waals surface area contributed by atoms with Crippen LogP contribution < -0.4 is 5.32 Å². The molecule has 1 N–H and O–H groups in total. The van der Waals surface area contributed by atoms with Crippen LogP contribution in [-0.4, -0.2) is 32.0 Å². The molecule has 1 fully saturated rings. The Morgan fingerprint density at radius 3 is 2.56 bits per heavy atom. The van der Waals surface area contributed by atoms with E-state index in [1.165, 1.54) is 12.8 Å². The number of nitrogens with one attached hydrogen (secondary N) is 1. The summed E-state index contributed by atoms with van der Waals surface area (Å²) in [6.07, 6.45) is 0.139. The average molecular weight is 239 g/mol. The summed E-state index contributed by atoms with van der Waals surface area (Å²) in [5.74, 6) is 0.698. The van der Waals surface area contributed by atoms with Crippen molar-refractivity contribution < 1.29 is 17.9 Å². The summed E-state index contributed by atoms with van der Waals surface area (Å²) in [6, 6.07) is 0.0785. The van der Waals surface area contributed by atoms with E-state index in [1.54, 1.807) is 0 Å². The molecule has 0 aromatic carbocycles. The van der Waals surface area contributed by atoms with Crippen LogP contribution in [0.15, 0.2) is 0 Å². The topological polar surface area (TPSA) is 21.3 Å². The van der Waals surface area contributed by atoms with Crippen LogP contribution in [0.4, 0.5) is 13.2 Å². The first-order valence-corrected chi connectivity index (χ1v) is 5.89. The van der Waals surface area contributed by atoms with Crippen LogP contribution in [0, 0.1) is 5.92 Å². The Balaban J connectivity index is 2.14. The zero-order valence-corrected chi connectivity index (χ0v) is 9.65. The first-order chi connectivity index (χ1) is 7.51. The largest absolute Gasteiger partial charge is 0.411 e. The fraction of sp³-hybridized carbons (Fsp3) is 1.00. The first-order valence-electron chi connectivity index (χ1n) is 5.89. The second-order valence-corrected chi connectivity index (χ2v) is 4.46. The lowest BCUT2D eigenvalue weighted by Crippen LogP contribution is -2.35. The third kappa shape index (κ3) is 7.06. The normalized spacial score (nSPS) is 18.8. The van der Waals surface area contributed by atoms with Crippen molar-refractivity contribution in [3.05, 3.63) is 0 Å². The van der Waals surface area contributed by atoms with Crippen molar-refractivity contribution in [3.63, 3.8) is 0 Å². The van der Waals surface area contributed by atoms with Gasteiger partial charge in [0.1, 0.15) is 6.61 Å². The van der Waals surface area contributed by atoms with Crippen molar-refractivity contribution in [2.45, 2.75) is 44.8 Å². The van der Waals surface area contributed by atoms with Crippen molar-refractivity contribution in [1.29, 1.82) is 0 Å². The van der Waals surface area contributed by atoms with Gasteiger partial charge in [-0.1, -0.05) is 19.8 Å². The van der Waals surface area contributed by atoms with E-state index in [4.69, 9.17) is 4.74 Å². The van der Waals surface area contributed by atoms with Crippen molar-refractivity contribution in [2.75, 3.05) is 19.8 Å². The highest BCUT2D eigenvalue weighted by atomic mass is 19.4. The van der Waals surface area contributed by atoms with Gasteiger partial charge in [0.05, 0.1) is 6.61 Å². The molecular weight excluding hydrogens is 219 g/mol. The maximum absolute atomic E-state index is 11.9. The van der Waals surface area contributed by atoms with Gasteiger partial charge in [-0.15, -0.1) is 0 Å². The van der Waals surface area contributed by atoms with Crippen molar-refractivity contribution >= 4 is 0 Å². The molecule has 0 aromatic heterocycles. The number of hydrogen-bond acceptors (Lipinski definition) is 2. The number of hydrogen-bond donors (Lipinski definition) is 1. The van der Waals surface area contributed by atoms with Gasteiger partial charge in [0.2, 0.25) is 0 Å².